The van der Waals surface area contributed by atoms with E-state index < -0.39 is 0 Å². The molecule has 0 bridgehead atoms. The molecule has 2 rings (SSSR count). The standard InChI is InChI=1S/C10H11N3OS/c1-6-4-7(2-3-8(6)11)14-9-5-13-10(12)15-9/h2-5H,11H2,1H3,(H2,12,13). The van der Waals surface area contributed by atoms with Gasteiger partial charge in [-0.15, -0.1) is 0 Å². The molecule has 15 heavy (non-hydrogen) atoms. The normalized spacial score (nSPS) is 10.2. The number of rotatable bonds is 2. The van der Waals surface area contributed by atoms with Crippen LogP contribution in [0.5, 0.6) is 10.8 Å². The number of thiazole rings is 1. The summed E-state index contributed by atoms with van der Waals surface area (Å²) in [5.74, 6) is 0.741. The van der Waals surface area contributed by atoms with Crippen LogP contribution in [0.15, 0.2) is 24.4 Å². The Bertz CT molecular complexity index is 481. The Morgan fingerprint density at radius 1 is 1.33 bits per heavy atom. The number of hydrogen-bond acceptors (Lipinski definition) is 5. The van der Waals surface area contributed by atoms with Crippen LogP contribution in [0.2, 0.25) is 0 Å². The second-order valence-corrected chi connectivity index (χ2v) is 4.16. The molecule has 0 atom stereocenters. The monoisotopic (exact) mass is 221 g/mol. The van der Waals surface area contributed by atoms with Gasteiger partial charge in [0.15, 0.2) is 5.13 Å². The first-order valence-electron chi connectivity index (χ1n) is 4.40. The number of aromatic nitrogens is 1. The summed E-state index contributed by atoms with van der Waals surface area (Å²) in [6.45, 7) is 1.93. The molecule has 1 aromatic heterocycles. The Hall–Kier alpha value is -1.75. The van der Waals surface area contributed by atoms with E-state index in [1.807, 2.05) is 25.1 Å². The van der Waals surface area contributed by atoms with Gasteiger partial charge in [-0.25, -0.2) is 4.98 Å². The first kappa shape index (κ1) is 9.79. The highest BCUT2D eigenvalue weighted by molar-refractivity contribution is 7.17. The summed E-state index contributed by atoms with van der Waals surface area (Å²) in [4.78, 5) is 3.90. The molecule has 0 amide bonds. The molecule has 0 aliphatic carbocycles. The molecule has 0 fully saturated rings. The fourth-order valence-electron chi connectivity index (χ4n) is 1.15. The molecule has 78 valence electrons. The highest BCUT2D eigenvalue weighted by Gasteiger charge is 2.02. The molecule has 0 spiro atoms. The van der Waals surface area contributed by atoms with E-state index in [0.717, 1.165) is 17.0 Å². The van der Waals surface area contributed by atoms with Crippen molar-refractivity contribution in [3.05, 3.63) is 30.0 Å². The van der Waals surface area contributed by atoms with E-state index in [2.05, 4.69) is 4.98 Å². The Morgan fingerprint density at radius 3 is 2.73 bits per heavy atom. The van der Waals surface area contributed by atoms with Crippen molar-refractivity contribution >= 4 is 22.2 Å². The van der Waals surface area contributed by atoms with E-state index in [1.54, 1.807) is 6.20 Å². The number of anilines is 2. The maximum atomic E-state index is 5.70. The molecule has 0 aliphatic rings. The van der Waals surface area contributed by atoms with Gasteiger partial charge in [-0.3, -0.25) is 0 Å². The van der Waals surface area contributed by atoms with Crippen molar-refractivity contribution in [2.24, 2.45) is 0 Å². The fraction of sp³-hybridized carbons (Fsp3) is 0.100. The molecular weight excluding hydrogens is 210 g/mol. The quantitative estimate of drug-likeness (QED) is 0.764. The van der Waals surface area contributed by atoms with Crippen LogP contribution in [0.3, 0.4) is 0 Å². The zero-order valence-electron chi connectivity index (χ0n) is 8.23. The lowest BCUT2D eigenvalue weighted by Crippen LogP contribution is -1.89. The van der Waals surface area contributed by atoms with Crippen LogP contribution in [-0.4, -0.2) is 4.98 Å². The zero-order valence-corrected chi connectivity index (χ0v) is 9.04. The van der Waals surface area contributed by atoms with Gasteiger partial charge in [0.1, 0.15) is 5.75 Å². The Kier molecular flexibility index (Phi) is 2.47. The lowest BCUT2D eigenvalue weighted by atomic mass is 10.2. The minimum atomic E-state index is 0.497. The summed E-state index contributed by atoms with van der Waals surface area (Å²) in [5, 5.41) is 1.17. The molecule has 4 N–H and O–H groups in total. The fourth-order valence-corrected chi connectivity index (χ4v) is 1.70. The van der Waals surface area contributed by atoms with Crippen LogP contribution < -0.4 is 16.2 Å². The van der Waals surface area contributed by atoms with E-state index in [9.17, 15) is 0 Å². The molecule has 0 saturated heterocycles. The maximum absolute atomic E-state index is 5.70. The Labute approximate surface area is 91.5 Å². The molecule has 0 radical (unpaired) electrons. The summed E-state index contributed by atoms with van der Waals surface area (Å²) in [7, 11) is 0. The lowest BCUT2D eigenvalue weighted by Gasteiger charge is -2.04. The third-order valence-electron chi connectivity index (χ3n) is 1.96. The molecule has 0 unspecified atom stereocenters. The van der Waals surface area contributed by atoms with Gasteiger partial charge in [0, 0.05) is 5.69 Å². The topological polar surface area (TPSA) is 74.2 Å². The molecule has 0 saturated carbocycles. The van der Waals surface area contributed by atoms with E-state index in [-0.39, 0.29) is 0 Å². The summed E-state index contributed by atoms with van der Waals surface area (Å²) >= 11 is 1.31. The smallest absolute Gasteiger partial charge is 0.202 e. The van der Waals surface area contributed by atoms with Gasteiger partial charge in [-0.2, -0.15) is 0 Å². The molecule has 5 heteroatoms. The third-order valence-corrected chi connectivity index (χ3v) is 2.67. The van der Waals surface area contributed by atoms with Gasteiger partial charge in [-0.1, -0.05) is 11.3 Å². The number of benzene rings is 1. The predicted octanol–water partition coefficient (Wildman–Crippen LogP) is 2.41. The number of nitrogen functional groups attached to an aromatic ring is 2. The molecule has 4 nitrogen and oxygen atoms in total. The molecule has 0 aliphatic heterocycles. The van der Waals surface area contributed by atoms with Crippen LogP contribution >= 0.6 is 11.3 Å². The van der Waals surface area contributed by atoms with Gasteiger partial charge in [-0.05, 0) is 30.7 Å². The first-order chi connectivity index (χ1) is 7.15. The zero-order chi connectivity index (χ0) is 10.8. The van der Waals surface area contributed by atoms with Crippen LogP contribution in [0, 0.1) is 6.92 Å². The average molecular weight is 221 g/mol. The van der Waals surface area contributed by atoms with Crippen LogP contribution in [0.4, 0.5) is 10.8 Å². The van der Waals surface area contributed by atoms with Crippen molar-refractivity contribution in [1.82, 2.24) is 4.98 Å². The molecule has 2 aromatic rings. The minimum Gasteiger partial charge on any atom is -0.445 e. The van der Waals surface area contributed by atoms with Crippen molar-refractivity contribution in [1.29, 1.82) is 0 Å². The second-order valence-electron chi connectivity index (χ2n) is 3.14. The highest BCUT2D eigenvalue weighted by Crippen LogP contribution is 2.29. The van der Waals surface area contributed by atoms with Crippen molar-refractivity contribution in [2.45, 2.75) is 6.92 Å². The minimum absolute atomic E-state index is 0.497. The summed E-state index contributed by atoms with van der Waals surface area (Å²) in [6.07, 6.45) is 1.60. The lowest BCUT2D eigenvalue weighted by molar-refractivity contribution is 0.495. The number of hydrogen-bond donors (Lipinski definition) is 2. The van der Waals surface area contributed by atoms with Gasteiger partial charge >= 0.3 is 0 Å². The van der Waals surface area contributed by atoms with E-state index in [0.29, 0.717) is 10.2 Å². The van der Waals surface area contributed by atoms with Crippen LogP contribution in [-0.2, 0) is 0 Å². The Morgan fingerprint density at radius 2 is 2.13 bits per heavy atom. The van der Waals surface area contributed by atoms with Crippen molar-refractivity contribution < 1.29 is 4.74 Å². The average Bonchev–Trinajstić information content (AvgIpc) is 2.58. The second kappa shape index (κ2) is 3.78. The maximum Gasteiger partial charge on any atom is 0.202 e. The Balaban J connectivity index is 2.21. The van der Waals surface area contributed by atoms with Crippen molar-refractivity contribution in [2.75, 3.05) is 11.5 Å². The van der Waals surface area contributed by atoms with Crippen LogP contribution in [0.25, 0.3) is 0 Å². The van der Waals surface area contributed by atoms with Gasteiger partial charge in [0.25, 0.3) is 0 Å². The van der Waals surface area contributed by atoms with Crippen molar-refractivity contribution in [3.63, 3.8) is 0 Å². The number of ether oxygens (including phenoxy) is 1. The van der Waals surface area contributed by atoms with Crippen LogP contribution in [0.1, 0.15) is 5.56 Å². The summed E-state index contributed by atoms with van der Waals surface area (Å²) in [5.41, 5.74) is 12.9. The van der Waals surface area contributed by atoms with E-state index >= 15 is 0 Å². The number of nitrogens with zero attached hydrogens (tertiary/aromatic N) is 1. The largest absolute Gasteiger partial charge is 0.445 e. The summed E-state index contributed by atoms with van der Waals surface area (Å²) in [6, 6.07) is 5.51. The molecule has 1 heterocycles. The molecule has 1 aromatic carbocycles. The third kappa shape index (κ3) is 2.19. The van der Waals surface area contributed by atoms with Gasteiger partial charge < -0.3 is 16.2 Å². The van der Waals surface area contributed by atoms with Gasteiger partial charge in [0.05, 0.1) is 6.20 Å². The molecular formula is C10H11N3OS. The highest BCUT2D eigenvalue weighted by atomic mass is 32.1. The first-order valence-corrected chi connectivity index (χ1v) is 5.22. The van der Waals surface area contributed by atoms with Crippen molar-refractivity contribution in [3.8, 4) is 10.8 Å². The van der Waals surface area contributed by atoms with Gasteiger partial charge in [0.2, 0.25) is 5.06 Å². The van der Waals surface area contributed by atoms with E-state index in [4.69, 9.17) is 16.2 Å². The van der Waals surface area contributed by atoms with E-state index in [1.165, 1.54) is 11.3 Å². The predicted molar refractivity (Wildman–Crippen MR) is 62.2 cm³/mol. The summed E-state index contributed by atoms with van der Waals surface area (Å²) < 4.78 is 5.56. The number of nitrogens with two attached hydrogens (primary N) is 2. The SMILES string of the molecule is Cc1cc(Oc2cnc(N)s2)ccc1N. The number of aryl methyl sites for hydroxylation is 1.